The van der Waals surface area contributed by atoms with E-state index in [2.05, 4.69) is 5.32 Å². The number of esters is 1. The van der Waals surface area contributed by atoms with Crippen molar-refractivity contribution in [2.45, 2.75) is 44.6 Å². The number of nitrogens with one attached hydrogen (secondary N) is 1. The molecule has 7 nitrogen and oxygen atoms in total. The quantitative estimate of drug-likeness (QED) is 0.443. The summed E-state index contributed by atoms with van der Waals surface area (Å²) in [5.41, 5.74) is 0.164. The minimum absolute atomic E-state index is 0.0818. The summed E-state index contributed by atoms with van der Waals surface area (Å²) in [5, 5.41) is 3.14. The number of ether oxygens (including phenoxy) is 1. The highest BCUT2D eigenvalue weighted by atomic mass is 35.5. The zero-order chi connectivity index (χ0) is 20.3. The number of hydrogen-bond donors (Lipinski definition) is 1. The van der Waals surface area contributed by atoms with Crippen LogP contribution in [0.4, 0.5) is 0 Å². The minimum atomic E-state index is -0.845. The molecule has 0 atom stereocenters. The molecule has 3 amide bonds. The normalized spacial score (nSPS) is 17.3. The van der Waals surface area contributed by atoms with Crippen molar-refractivity contribution in [1.29, 1.82) is 0 Å². The Bertz CT molecular complexity index is 778. The molecule has 1 saturated carbocycles. The maximum atomic E-state index is 12.4. The van der Waals surface area contributed by atoms with Crippen molar-refractivity contribution < 1.29 is 23.9 Å². The summed E-state index contributed by atoms with van der Waals surface area (Å²) in [6.07, 6.45) is 6.30. The van der Waals surface area contributed by atoms with Gasteiger partial charge in [-0.15, -0.1) is 0 Å². The Morgan fingerprint density at radius 2 is 1.54 bits per heavy atom. The van der Waals surface area contributed by atoms with Gasteiger partial charge in [0.05, 0.1) is 21.2 Å². The monoisotopic (exact) mass is 426 g/mol. The third-order valence-electron chi connectivity index (χ3n) is 4.88. The van der Waals surface area contributed by atoms with Crippen LogP contribution in [0, 0.1) is 0 Å². The van der Waals surface area contributed by atoms with Gasteiger partial charge in [0.15, 0.2) is 6.61 Å². The number of halogens is 2. The van der Waals surface area contributed by atoms with Crippen molar-refractivity contribution in [2.24, 2.45) is 0 Å². The van der Waals surface area contributed by atoms with E-state index in [1.807, 2.05) is 0 Å². The van der Waals surface area contributed by atoms with E-state index in [9.17, 15) is 19.2 Å². The van der Waals surface area contributed by atoms with Crippen LogP contribution in [-0.4, -0.2) is 47.8 Å². The maximum Gasteiger partial charge on any atom is 0.326 e. The lowest BCUT2D eigenvalue weighted by Gasteiger charge is -2.17. The number of fused-ring (bicyclic) bond motifs is 1. The first-order chi connectivity index (χ1) is 13.4. The SMILES string of the molecule is O=C(COC(=O)CN1C(=O)c2cc(Cl)c(Cl)cc2C1=O)NC1CCCCCC1. The third kappa shape index (κ3) is 4.64. The molecule has 28 heavy (non-hydrogen) atoms. The van der Waals surface area contributed by atoms with Crippen LogP contribution in [0.5, 0.6) is 0 Å². The van der Waals surface area contributed by atoms with Gasteiger partial charge in [0.1, 0.15) is 6.54 Å². The van der Waals surface area contributed by atoms with Crippen molar-refractivity contribution >= 4 is 46.9 Å². The smallest absolute Gasteiger partial charge is 0.326 e. The van der Waals surface area contributed by atoms with Gasteiger partial charge in [-0.25, -0.2) is 0 Å². The van der Waals surface area contributed by atoms with E-state index >= 15 is 0 Å². The lowest BCUT2D eigenvalue weighted by atomic mass is 10.1. The fraction of sp³-hybridized carbons (Fsp3) is 0.474. The molecule has 0 spiro atoms. The molecule has 1 aromatic rings. The number of imide groups is 1. The first-order valence-corrected chi connectivity index (χ1v) is 9.92. The van der Waals surface area contributed by atoms with Gasteiger partial charge in [-0.05, 0) is 25.0 Å². The second-order valence-corrected chi connectivity index (χ2v) is 7.74. The molecule has 9 heteroatoms. The van der Waals surface area contributed by atoms with E-state index < -0.39 is 30.9 Å². The number of benzene rings is 1. The fourth-order valence-electron chi connectivity index (χ4n) is 3.44. The lowest BCUT2D eigenvalue weighted by molar-refractivity contribution is -0.148. The number of nitrogens with zero attached hydrogens (tertiary/aromatic N) is 1. The Labute approximate surface area is 172 Å². The molecule has 0 aromatic heterocycles. The van der Waals surface area contributed by atoms with Crippen molar-refractivity contribution in [1.82, 2.24) is 10.2 Å². The first kappa shape index (κ1) is 20.6. The standard InChI is InChI=1S/C19H20Cl2N2O5/c20-14-7-12-13(8-15(14)21)19(27)23(18(12)26)9-17(25)28-10-16(24)22-11-5-3-1-2-4-6-11/h7-8,11H,1-6,9-10H2,(H,22,24). The van der Waals surface area contributed by atoms with E-state index in [-0.39, 0.29) is 33.1 Å². The van der Waals surface area contributed by atoms with Gasteiger partial charge in [-0.2, -0.15) is 0 Å². The molecule has 1 aliphatic heterocycles. The number of hydrogen-bond acceptors (Lipinski definition) is 5. The van der Waals surface area contributed by atoms with Gasteiger partial charge < -0.3 is 10.1 Å². The van der Waals surface area contributed by atoms with E-state index in [0.29, 0.717) is 0 Å². The van der Waals surface area contributed by atoms with Gasteiger partial charge in [0, 0.05) is 6.04 Å². The third-order valence-corrected chi connectivity index (χ3v) is 5.61. The summed E-state index contributed by atoms with van der Waals surface area (Å²) in [6.45, 7) is -1.03. The Balaban J connectivity index is 1.51. The second kappa shape index (κ2) is 8.92. The molecule has 1 heterocycles. The Morgan fingerprint density at radius 1 is 1.00 bits per heavy atom. The summed E-state index contributed by atoms with van der Waals surface area (Å²) < 4.78 is 4.93. The molecule has 0 unspecified atom stereocenters. The average Bonchev–Trinajstić information content (AvgIpc) is 2.85. The Morgan fingerprint density at radius 3 is 2.07 bits per heavy atom. The highest BCUT2D eigenvalue weighted by molar-refractivity contribution is 6.43. The van der Waals surface area contributed by atoms with Crippen LogP contribution in [0.1, 0.15) is 59.2 Å². The number of carbonyl (C=O) groups is 4. The largest absolute Gasteiger partial charge is 0.454 e. The summed E-state index contributed by atoms with van der Waals surface area (Å²) in [4.78, 5) is 49.5. The van der Waals surface area contributed by atoms with Gasteiger partial charge in [0.25, 0.3) is 17.7 Å². The molecule has 1 N–H and O–H groups in total. The molecule has 1 aromatic carbocycles. The van der Waals surface area contributed by atoms with Gasteiger partial charge in [-0.1, -0.05) is 48.9 Å². The Hall–Kier alpha value is -2.12. The molecule has 1 fully saturated rings. The van der Waals surface area contributed by atoms with E-state index in [1.54, 1.807) is 0 Å². The predicted molar refractivity (Wildman–Crippen MR) is 102 cm³/mol. The summed E-state index contributed by atoms with van der Waals surface area (Å²) in [5.74, 6) is -2.54. The molecular formula is C19H20Cl2N2O5. The fourth-order valence-corrected chi connectivity index (χ4v) is 3.77. The molecule has 2 aliphatic rings. The van der Waals surface area contributed by atoms with Crippen LogP contribution in [0.25, 0.3) is 0 Å². The minimum Gasteiger partial charge on any atom is -0.454 e. The molecule has 0 radical (unpaired) electrons. The highest BCUT2D eigenvalue weighted by Crippen LogP contribution is 2.31. The number of amides is 3. The van der Waals surface area contributed by atoms with Crippen LogP contribution in [-0.2, 0) is 14.3 Å². The van der Waals surface area contributed by atoms with Crippen molar-refractivity contribution in [3.63, 3.8) is 0 Å². The van der Waals surface area contributed by atoms with Crippen LogP contribution < -0.4 is 5.32 Å². The van der Waals surface area contributed by atoms with Gasteiger partial charge in [-0.3, -0.25) is 24.1 Å². The summed E-state index contributed by atoms with van der Waals surface area (Å²) >= 11 is 11.8. The lowest BCUT2D eigenvalue weighted by Crippen LogP contribution is -2.39. The van der Waals surface area contributed by atoms with Gasteiger partial charge in [0.2, 0.25) is 0 Å². The summed E-state index contributed by atoms with van der Waals surface area (Å²) in [6, 6.07) is 2.69. The number of rotatable bonds is 5. The van der Waals surface area contributed by atoms with Gasteiger partial charge >= 0.3 is 5.97 Å². The van der Waals surface area contributed by atoms with Crippen molar-refractivity contribution in [2.75, 3.05) is 13.2 Å². The zero-order valence-corrected chi connectivity index (χ0v) is 16.6. The van der Waals surface area contributed by atoms with E-state index in [4.69, 9.17) is 27.9 Å². The maximum absolute atomic E-state index is 12.4. The molecule has 0 saturated heterocycles. The van der Waals surface area contributed by atoms with Crippen LogP contribution >= 0.6 is 23.2 Å². The predicted octanol–water partition coefficient (Wildman–Crippen LogP) is 2.97. The molecular weight excluding hydrogens is 407 g/mol. The van der Waals surface area contributed by atoms with Crippen LogP contribution in [0.2, 0.25) is 10.0 Å². The molecule has 1 aliphatic carbocycles. The first-order valence-electron chi connectivity index (χ1n) is 9.17. The topological polar surface area (TPSA) is 92.8 Å². The molecule has 150 valence electrons. The zero-order valence-electron chi connectivity index (χ0n) is 15.1. The summed E-state index contributed by atoms with van der Waals surface area (Å²) in [7, 11) is 0. The van der Waals surface area contributed by atoms with E-state index in [0.717, 1.165) is 43.4 Å². The van der Waals surface area contributed by atoms with Crippen molar-refractivity contribution in [3.8, 4) is 0 Å². The van der Waals surface area contributed by atoms with Crippen molar-refractivity contribution in [3.05, 3.63) is 33.3 Å². The molecule has 0 bridgehead atoms. The van der Waals surface area contributed by atoms with Crippen LogP contribution in [0.15, 0.2) is 12.1 Å². The van der Waals surface area contributed by atoms with Crippen LogP contribution in [0.3, 0.4) is 0 Å². The number of carbonyl (C=O) groups excluding carboxylic acids is 4. The molecule has 3 rings (SSSR count). The average molecular weight is 427 g/mol. The van der Waals surface area contributed by atoms with E-state index in [1.165, 1.54) is 12.1 Å². The second-order valence-electron chi connectivity index (χ2n) is 6.93. The highest BCUT2D eigenvalue weighted by Gasteiger charge is 2.37. The Kier molecular flexibility index (Phi) is 6.57.